The first-order valence-electron chi connectivity index (χ1n) is 7.79. The van der Waals surface area contributed by atoms with Crippen LogP contribution in [0.3, 0.4) is 0 Å². The Kier molecular flexibility index (Phi) is 4.27. The van der Waals surface area contributed by atoms with Crippen molar-refractivity contribution < 1.29 is 14.3 Å². The van der Waals surface area contributed by atoms with E-state index >= 15 is 0 Å². The van der Waals surface area contributed by atoms with Crippen LogP contribution in [-0.2, 0) is 16.1 Å². The molecular weight excluding hydrogens is 278 g/mol. The van der Waals surface area contributed by atoms with Crippen LogP contribution in [0.1, 0.15) is 18.4 Å². The molecule has 4 nitrogen and oxygen atoms in total. The SMILES string of the molecule is C=CCC1CC2CN(C(=O)OCc3ccccc3)CC2C1=O. The van der Waals surface area contributed by atoms with Crippen LogP contribution in [0.2, 0.25) is 0 Å². The molecule has 1 aromatic carbocycles. The van der Waals surface area contributed by atoms with E-state index in [9.17, 15) is 9.59 Å². The minimum Gasteiger partial charge on any atom is -0.445 e. The summed E-state index contributed by atoms with van der Waals surface area (Å²) >= 11 is 0. The molecular formula is C18H21NO3. The number of hydrogen-bond donors (Lipinski definition) is 0. The number of fused-ring (bicyclic) bond motifs is 1. The van der Waals surface area contributed by atoms with Crippen LogP contribution in [0.4, 0.5) is 4.79 Å². The minimum absolute atomic E-state index is 0.00535. The second-order valence-electron chi connectivity index (χ2n) is 6.17. The number of carbonyl (C=O) groups is 2. The maximum Gasteiger partial charge on any atom is 0.410 e. The molecule has 116 valence electrons. The predicted octanol–water partition coefficient (Wildman–Crippen LogP) is 3.04. The van der Waals surface area contributed by atoms with Crippen molar-refractivity contribution in [3.63, 3.8) is 0 Å². The number of benzene rings is 1. The summed E-state index contributed by atoms with van der Waals surface area (Å²) in [5.41, 5.74) is 0.970. The maximum atomic E-state index is 12.3. The van der Waals surface area contributed by atoms with Gasteiger partial charge in [0.15, 0.2) is 0 Å². The highest BCUT2D eigenvalue weighted by atomic mass is 16.6. The van der Waals surface area contributed by atoms with Crippen LogP contribution in [-0.4, -0.2) is 29.9 Å². The van der Waals surface area contributed by atoms with Gasteiger partial charge in [0, 0.05) is 24.9 Å². The average molecular weight is 299 g/mol. The first-order valence-corrected chi connectivity index (χ1v) is 7.79. The Labute approximate surface area is 130 Å². The van der Waals surface area contributed by atoms with Crippen LogP contribution in [0, 0.1) is 17.8 Å². The summed E-state index contributed by atoms with van der Waals surface area (Å²) in [7, 11) is 0. The number of allylic oxidation sites excluding steroid dienone is 1. The highest BCUT2D eigenvalue weighted by molar-refractivity contribution is 5.87. The number of carbonyl (C=O) groups excluding carboxylic acids is 2. The van der Waals surface area contributed by atoms with Gasteiger partial charge < -0.3 is 9.64 Å². The number of amides is 1. The number of likely N-dealkylation sites (tertiary alicyclic amines) is 1. The second-order valence-corrected chi connectivity index (χ2v) is 6.17. The average Bonchev–Trinajstić information content (AvgIpc) is 3.07. The first-order chi connectivity index (χ1) is 10.7. The molecule has 1 saturated heterocycles. The van der Waals surface area contributed by atoms with Crippen LogP contribution in [0.5, 0.6) is 0 Å². The second kappa shape index (κ2) is 6.34. The van der Waals surface area contributed by atoms with Crippen molar-refractivity contribution in [1.29, 1.82) is 0 Å². The Morgan fingerprint density at radius 1 is 1.32 bits per heavy atom. The lowest BCUT2D eigenvalue weighted by Crippen LogP contribution is -2.31. The highest BCUT2D eigenvalue weighted by Crippen LogP contribution is 2.40. The van der Waals surface area contributed by atoms with E-state index in [0.29, 0.717) is 24.8 Å². The third-order valence-electron chi connectivity index (χ3n) is 4.71. The summed E-state index contributed by atoms with van der Waals surface area (Å²) in [4.78, 5) is 26.1. The molecule has 4 heteroatoms. The zero-order chi connectivity index (χ0) is 15.5. The molecule has 0 radical (unpaired) electrons. The molecule has 1 aromatic rings. The van der Waals surface area contributed by atoms with Crippen molar-refractivity contribution in [3.8, 4) is 0 Å². The van der Waals surface area contributed by atoms with Gasteiger partial charge in [0.2, 0.25) is 0 Å². The first kappa shape index (κ1) is 14.8. The van der Waals surface area contributed by atoms with Gasteiger partial charge in [-0.25, -0.2) is 4.79 Å². The third-order valence-corrected chi connectivity index (χ3v) is 4.71. The summed E-state index contributed by atoms with van der Waals surface area (Å²) in [6.07, 6.45) is 3.13. The van der Waals surface area contributed by atoms with Gasteiger partial charge in [-0.2, -0.15) is 0 Å². The molecule has 1 aliphatic carbocycles. The molecule has 3 unspecified atom stereocenters. The molecule has 0 aromatic heterocycles. The van der Waals surface area contributed by atoms with E-state index in [1.165, 1.54) is 0 Å². The van der Waals surface area contributed by atoms with Crippen molar-refractivity contribution in [2.75, 3.05) is 13.1 Å². The lowest BCUT2D eigenvalue weighted by atomic mass is 10.00. The number of rotatable bonds is 4. The zero-order valence-electron chi connectivity index (χ0n) is 12.6. The Hall–Kier alpha value is -2.10. The summed E-state index contributed by atoms with van der Waals surface area (Å²) in [5.74, 6) is 0.689. The number of ether oxygens (including phenoxy) is 1. The Balaban J connectivity index is 1.52. The van der Waals surface area contributed by atoms with Gasteiger partial charge in [-0.15, -0.1) is 6.58 Å². The quantitative estimate of drug-likeness (QED) is 0.803. The van der Waals surface area contributed by atoms with Gasteiger partial charge in [0.05, 0.1) is 0 Å². The highest BCUT2D eigenvalue weighted by Gasteiger charge is 2.48. The molecule has 1 aliphatic heterocycles. The fraction of sp³-hybridized carbons (Fsp3) is 0.444. The van der Waals surface area contributed by atoms with Crippen LogP contribution in [0.15, 0.2) is 43.0 Å². The lowest BCUT2D eigenvalue weighted by molar-refractivity contribution is -0.123. The largest absolute Gasteiger partial charge is 0.445 e. The molecule has 0 spiro atoms. The van der Waals surface area contributed by atoms with Gasteiger partial charge in [-0.3, -0.25) is 4.79 Å². The number of Topliss-reactive ketones (excluding diaryl/α,β-unsaturated/α-hetero) is 1. The lowest BCUT2D eigenvalue weighted by Gasteiger charge is -2.18. The van der Waals surface area contributed by atoms with Crippen molar-refractivity contribution >= 4 is 11.9 Å². The number of nitrogens with zero attached hydrogens (tertiary/aromatic N) is 1. The smallest absolute Gasteiger partial charge is 0.410 e. The van der Waals surface area contributed by atoms with Gasteiger partial charge in [0.1, 0.15) is 12.4 Å². The van der Waals surface area contributed by atoms with Crippen LogP contribution in [0.25, 0.3) is 0 Å². The Morgan fingerprint density at radius 2 is 2.09 bits per heavy atom. The minimum atomic E-state index is -0.314. The van der Waals surface area contributed by atoms with E-state index in [-0.39, 0.29) is 24.5 Å². The predicted molar refractivity (Wildman–Crippen MR) is 83.1 cm³/mol. The summed E-state index contributed by atoms with van der Waals surface area (Å²) in [6, 6.07) is 9.62. The molecule has 1 heterocycles. The normalized spacial score (nSPS) is 26.8. The van der Waals surface area contributed by atoms with Crippen LogP contribution < -0.4 is 0 Å². The Bertz CT molecular complexity index is 569. The van der Waals surface area contributed by atoms with Crippen molar-refractivity contribution in [2.45, 2.75) is 19.4 Å². The van der Waals surface area contributed by atoms with E-state index in [0.717, 1.165) is 18.4 Å². The van der Waals surface area contributed by atoms with Gasteiger partial charge in [-0.05, 0) is 24.3 Å². The van der Waals surface area contributed by atoms with E-state index in [1.807, 2.05) is 36.4 Å². The van der Waals surface area contributed by atoms with Crippen molar-refractivity contribution in [3.05, 3.63) is 48.6 Å². The fourth-order valence-corrected chi connectivity index (χ4v) is 3.59. The molecule has 2 aliphatic rings. The number of hydrogen-bond acceptors (Lipinski definition) is 3. The molecule has 3 rings (SSSR count). The Morgan fingerprint density at radius 3 is 2.77 bits per heavy atom. The molecule has 0 N–H and O–H groups in total. The molecule has 2 fully saturated rings. The summed E-state index contributed by atoms with van der Waals surface area (Å²) in [5, 5.41) is 0. The summed E-state index contributed by atoms with van der Waals surface area (Å²) in [6.45, 7) is 5.13. The van der Waals surface area contributed by atoms with E-state index in [4.69, 9.17) is 4.74 Å². The monoisotopic (exact) mass is 299 g/mol. The van der Waals surface area contributed by atoms with Crippen molar-refractivity contribution in [2.24, 2.45) is 17.8 Å². The van der Waals surface area contributed by atoms with Gasteiger partial charge >= 0.3 is 6.09 Å². The number of ketones is 1. The van der Waals surface area contributed by atoms with E-state index in [1.54, 1.807) is 4.90 Å². The molecule has 1 saturated carbocycles. The van der Waals surface area contributed by atoms with Gasteiger partial charge in [-0.1, -0.05) is 36.4 Å². The van der Waals surface area contributed by atoms with Crippen LogP contribution >= 0.6 is 0 Å². The summed E-state index contributed by atoms with van der Waals surface area (Å²) < 4.78 is 5.35. The molecule has 3 atom stereocenters. The molecule has 0 bridgehead atoms. The maximum absolute atomic E-state index is 12.3. The topological polar surface area (TPSA) is 46.6 Å². The van der Waals surface area contributed by atoms with Gasteiger partial charge in [0.25, 0.3) is 0 Å². The van der Waals surface area contributed by atoms with E-state index < -0.39 is 0 Å². The fourth-order valence-electron chi connectivity index (χ4n) is 3.59. The standard InChI is InChI=1S/C18H21NO3/c1-2-6-14-9-15-10-19(11-16(15)17(14)20)18(21)22-12-13-7-4-3-5-8-13/h2-5,7-8,14-16H,1,6,9-12H2. The molecule has 22 heavy (non-hydrogen) atoms. The zero-order valence-corrected chi connectivity index (χ0v) is 12.6. The third kappa shape index (κ3) is 2.91. The van der Waals surface area contributed by atoms with E-state index in [2.05, 4.69) is 6.58 Å². The molecule has 1 amide bonds. The van der Waals surface area contributed by atoms with Crippen molar-refractivity contribution in [1.82, 2.24) is 4.90 Å².